The zero-order valence-electron chi connectivity index (χ0n) is 10.4. The van der Waals surface area contributed by atoms with Crippen LogP contribution in [-0.4, -0.2) is 12.5 Å². The van der Waals surface area contributed by atoms with Gasteiger partial charge in [-0.1, -0.05) is 25.2 Å². The topological polar surface area (TPSA) is 55.1 Å². The molecule has 3 N–H and O–H groups in total. The van der Waals surface area contributed by atoms with Crippen LogP contribution in [0, 0.1) is 17.7 Å². The molecular formula is C14H17FN2O. The zero-order valence-corrected chi connectivity index (χ0v) is 10.4. The van der Waals surface area contributed by atoms with E-state index in [9.17, 15) is 9.18 Å². The van der Waals surface area contributed by atoms with Gasteiger partial charge in [-0.05, 0) is 24.6 Å². The smallest absolute Gasteiger partial charge is 0.224 e. The van der Waals surface area contributed by atoms with E-state index in [1.54, 1.807) is 6.07 Å². The van der Waals surface area contributed by atoms with Gasteiger partial charge in [0.05, 0.1) is 12.1 Å². The van der Waals surface area contributed by atoms with Crippen LogP contribution in [0.1, 0.15) is 31.7 Å². The minimum atomic E-state index is -0.454. The van der Waals surface area contributed by atoms with Crippen molar-refractivity contribution in [2.24, 2.45) is 5.73 Å². The molecule has 1 rings (SSSR count). The largest absolute Gasteiger partial charge is 0.326 e. The molecule has 3 nitrogen and oxygen atoms in total. The molecule has 0 atom stereocenters. The number of carbonyl (C=O) groups excluding carboxylic acids is 1. The lowest BCUT2D eigenvalue weighted by molar-refractivity contribution is -0.116. The van der Waals surface area contributed by atoms with Crippen LogP contribution in [-0.2, 0) is 4.79 Å². The Morgan fingerprint density at radius 3 is 2.89 bits per heavy atom. The number of rotatable bonds is 4. The quantitative estimate of drug-likeness (QED) is 0.803. The van der Waals surface area contributed by atoms with Crippen LogP contribution in [0.4, 0.5) is 10.1 Å². The molecule has 0 aliphatic rings. The van der Waals surface area contributed by atoms with Gasteiger partial charge in [0.1, 0.15) is 5.82 Å². The summed E-state index contributed by atoms with van der Waals surface area (Å²) in [6.45, 7) is 2.20. The van der Waals surface area contributed by atoms with Gasteiger partial charge in [0.25, 0.3) is 0 Å². The molecule has 0 saturated heterocycles. The first-order valence-corrected chi connectivity index (χ1v) is 5.95. The van der Waals surface area contributed by atoms with Crippen LogP contribution in [0.25, 0.3) is 0 Å². The first-order valence-electron chi connectivity index (χ1n) is 5.95. The second-order valence-corrected chi connectivity index (χ2v) is 3.85. The SMILES string of the molecule is CCCCC(=O)Nc1ccc(C#CCN)c(F)c1. The van der Waals surface area contributed by atoms with Gasteiger partial charge in [-0.2, -0.15) is 0 Å². The molecule has 96 valence electrons. The number of halogens is 1. The van der Waals surface area contributed by atoms with Crippen molar-refractivity contribution in [2.75, 3.05) is 11.9 Å². The highest BCUT2D eigenvalue weighted by atomic mass is 19.1. The van der Waals surface area contributed by atoms with Crippen LogP contribution in [0.15, 0.2) is 18.2 Å². The normalized spacial score (nSPS) is 9.50. The fraction of sp³-hybridized carbons (Fsp3) is 0.357. The number of unbranched alkanes of at least 4 members (excludes halogenated alkanes) is 1. The Balaban J connectivity index is 2.69. The summed E-state index contributed by atoms with van der Waals surface area (Å²) in [6.07, 6.45) is 2.23. The Labute approximate surface area is 107 Å². The first-order chi connectivity index (χ1) is 8.67. The average molecular weight is 248 g/mol. The highest BCUT2D eigenvalue weighted by Gasteiger charge is 2.04. The maximum Gasteiger partial charge on any atom is 0.224 e. The predicted octanol–water partition coefficient (Wildman–Crippen LogP) is 2.26. The highest BCUT2D eigenvalue weighted by Crippen LogP contribution is 2.14. The van der Waals surface area contributed by atoms with E-state index in [-0.39, 0.29) is 18.0 Å². The van der Waals surface area contributed by atoms with Crippen LogP contribution >= 0.6 is 0 Å². The number of benzene rings is 1. The summed E-state index contributed by atoms with van der Waals surface area (Å²) in [5.41, 5.74) is 5.95. The Morgan fingerprint density at radius 1 is 1.50 bits per heavy atom. The summed E-state index contributed by atoms with van der Waals surface area (Å²) in [5, 5.41) is 2.65. The summed E-state index contributed by atoms with van der Waals surface area (Å²) in [6, 6.07) is 4.44. The van der Waals surface area contributed by atoms with Crippen molar-refractivity contribution < 1.29 is 9.18 Å². The van der Waals surface area contributed by atoms with Crippen LogP contribution < -0.4 is 11.1 Å². The van der Waals surface area contributed by atoms with E-state index in [1.807, 2.05) is 6.92 Å². The van der Waals surface area contributed by atoms with Gasteiger partial charge in [-0.3, -0.25) is 4.79 Å². The third kappa shape index (κ3) is 4.56. The van der Waals surface area contributed by atoms with E-state index in [4.69, 9.17) is 5.73 Å². The summed E-state index contributed by atoms with van der Waals surface area (Å²) in [4.78, 5) is 11.5. The van der Waals surface area contributed by atoms with Gasteiger partial charge >= 0.3 is 0 Å². The van der Waals surface area contributed by atoms with Gasteiger partial charge in [0.15, 0.2) is 0 Å². The monoisotopic (exact) mass is 248 g/mol. The highest BCUT2D eigenvalue weighted by molar-refractivity contribution is 5.90. The third-order valence-corrected chi connectivity index (χ3v) is 2.34. The lowest BCUT2D eigenvalue weighted by atomic mass is 10.2. The molecule has 0 bridgehead atoms. The summed E-state index contributed by atoms with van der Waals surface area (Å²) >= 11 is 0. The van der Waals surface area contributed by atoms with E-state index < -0.39 is 5.82 Å². The van der Waals surface area contributed by atoms with Gasteiger partial charge < -0.3 is 11.1 Å². The van der Waals surface area contributed by atoms with Crippen molar-refractivity contribution in [2.45, 2.75) is 26.2 Å². The Bertz CT molecular complexity index is 474. The second-order valence-electron chi connectivity index (χ2n) is 3.85. The molecule has 0 aliphatic carbocycles. The molecule has 0 spiro atoms. The van der Waals surface area contributed by atoms with Crippen molar-refractivity contribution in [3.8, 4) is 11.8 Å². The number of hydrogen-bond donors (Lipinski definition) is 2. The number of anilines is 1. The molecule has 18 heavy (non-hydrogen) atoms. The van der Waals surface area contributed by atoms with E-state index in [1.165, 1.54) is 12.1 Å². The lowest BCUT2D eigenvalue weighted by Gasteiger charge is -2.05. The van der Waals surface area contributed by atoms with E-state index >= 15 is 0 Å². The van der Waals surface area contributed by atoms with Crippen LogP contribution in [0.2, 0.25) is 0 Å². The molecule has 0 unspecified atom stereocenters. The summed E-state index contributed by atoms with van der Waals surface area (Å²) in [7, 11) is 0. The van der Waals surface area contributed by atoms with Crippen molar-refractivity contribution in [1.29, 1.82) is 0 Å². The molecular weight excluding hydrogens is 231 g/mol. The molecule has 0 aliphatic heterocycles. The van der Waals surface area contributed by atoms with Crippen LogP contribution in [0.3, 0.4) is 0 Å². The number of nitrogens with two attached hydrogens (primary N) is 1. The molecule has 1 amide bonds. The molecule has 4 heteroatoms. The maximum absolute atomic E-state index is 13.6. The average Bonchev–Trinajstić information content (AvgIpc) is 2.35. The maximum atomic E-state index is 13.6. The number of nitrogens with one attached hydrogen (secondary N) is 1. The Kier molecular flexibility index (Phi) is 5.89. The third-order valence-electron chi connectivity index (χ3n) is 2.34. The minimum Gasteiger partial charge on any atom is -0.326 e. The molecule has 0 aromatic heterocycles. The summed E-state index contributed by atoms with van der Waals surface area (Å²) in [5.74, 6) is 4.65. The molecule has 0 heterocycles. The number of amides is 1. The summed E-state index contributed by atoms with van der Waals surface area (Å²) < 4.78 is 13.6. The molecule has 0 fully saturated rings. The lowest BCUT2D eigenvalue weighted by Crippen LogP contribution is -2.11. The van der Waals surface area contributed by atoms with Gasteiger partial charge in [-0.25, -0.2) is 4.39 Å². The minimum absolute atomic E-state index is 0.1000. The molecule has 0 saturated carbocycles. The number of carbonyl (C=O) groups is 1. The van der Waals surface area contributed by atoms with E-state index in [2.05, 4.69) is 17.2 Å². The second kappa shape index (κ2) is 7.46. The van der Waals surface area contributed by atoms with Crippen molar-refractivity contribution in [3.63, 3.8) is 0 Å². The van der Waals surface area contributed by atoms with Gasteiger partial charge in [-0.15, -0.1) is 0 Å². The molecule has 1 aromatic carbocycles. The van der Waals surface area contributed by atoms with Crippen LogP contribution in [0.5, 0.6) is 0 Å². The van der Waals surface area contributed by atoms with Crippen molar-refractivity contribution in [1.82, 2.24) is 0 Å². The van der Waals surface area contributed by atoms with E-state index in [0.29, 0.717) is 12.1 Å². The fourth-order valence-electron chi connectivity index (χ4n) is 1.40. The van der Waals surface area contributed by atoms with Gasteiger partial charge in [0.2, 0.25) is 5.91 Å². The zero-order chi connectivity index (χ0) is 13.4. The molecule has 0 radical (unpaired) electrons. The molecule has 1 aromatic rings. The number of hydrogen-bond acceptors (Lipinski definition) is 2. The van der Waals surface area contributed by atoms with Gasteiger partial charge in [0, 0.05) is 12.1 Å². The predicted molar refractivity (Wildman–Crippen MR) is 70.5 cm³/mol. The standard InChI is InChI=1S/C14H17FN2O/c1-2-3-6-14(18)17-12-8-7-11(5-4-9-16)13(15)10-12/h7-8,10H,2-3,6,9,16H2,1H3,(H,17,18). The first kappa shape index (κ1) is 14.2. The van der Waals surface area contributed by atoms with Crippen molar-refractivity contribution >= 4 is 11.6 Å². The Morgan fingerprint density at radius 2 is 2.28 bits per heavy atom. The Hall–Kier alpha value is -1.86. The van der Waals surface area contributed by atoms with Crippen molar-refractivity contribution in [3.05, 3.63) is 29.6 Å². The fourth-order valence-corrected chi connectivity index (χ4v) is 1.40. The van der Waals surface area contributed by atoms with E-state index in [0.717, 1.165) is 12.8 Å².